The van der Waals surface area contributed by atoms with Crippen molar-refractivity contribution in [2.75, 3.05) is 39.3 Å². The van der Waals surface area contributed by atoms with Gasteiger partial charge in [0.05, 0.1) is 22.3 Å². The number of amides is 8. The van der Waals surface area contributed by atoms with Crippen LogP contribution in [0.4, 0.5) is 0 Å². The minimum absolute atomic E-state index is 0. The average molecular weight is 1400 g/mol. The Balaban J connectivity index is 0.0000104. The number of nitrogens with one attached hydrogen (secondary N) is 2. The van der Waals surface area contributed by atoms with Gasteiger partial charge in [-0.1, -0.05) is 145 Å². The minimum Gasteiger partial charge on any atom is -0.457 e. The highest BCUT2D eigenvalue weighted by Crippen LogP contribution is 2.58. The smallest absolute Gasteiger partial charge is 0.262 e. The normalized spacial score (nSPS) is 13.0. The number of rotatable bonds is 26. The Morgan fingerprint density at radius 1 is 0.390 bits per heavy atom. The molecule has 8 amide bonds. The number of hydrogen-bond acceptors (Lipinski definition) is 13. The zero-order valence-corrected chi connectivity index (χ0v) is 59.9. The summed E-state index contributed by atoms with van der Waals surface area (Å²) >= 11 is 0. The molecule has 2 aliphatic rings. The number of imide groups is 2. The lowest BCUT2D eigenvalue weighted by Gasteiger charge is -2.37. The molecule has 0 spiro atoms. The molecule has 0 radical (unpaired) electrons. The zero-order valence-electron chi connectivity index (χ0n) is 59.9. The van der Waals surface area contributed by atoms with E-state index in [2.05, 4.69) is 23.8 Å². The molecule has 2 aliphatic heterocycles. The second-order valence-electron chi connectivity index (χ2n) is 26.6. The van der Waals surface area contributed by atoms with E-state index < -0.39 is 59.3 Å². The molecule has 2 heterocycles. The maximum absolute atomic E-state index is 16.6. The molecular formula is C86H81N7O12. The number of carbonyl (C=O) groups excluding carboxylic acids is 8. The lowest BCUT2D eigenvalue weighted by atomic mass is 9.80. The Labute approximate surface area is 608 Å². The molecule has 0 bridgehead atoms. The maximum Gasteiger partial charge on any atom is 0.262 e. The number of ether oxygens (including phenoxy) is 4. The Kier molecular flexibility index (Phi) is 20.8. The van der Waals surface area contributed by atoms with Crippen molar-refractivity contribution in [2.24, 2.45) is 0 Å². The largest absolute Gasteiger partial charge is 0.457 e. The van der Waals surface area contributed by atoms with E-state index in [-0.39, 0.29) is 158 Å². The summed E-state index contributed by atoms with van der Waals surface area (Å²) in [5.74, 6) is -3.56. The fourth-order valence-electron chi connectivity index (χ4n) is 13.8. The molecule has 5 N–H and O–H groups in total. The van der Waals surface area contributed by atoms with Crippen LogP contribution in [-0.2, 0) is 32.0 Å². The molecule has 11 aromatic carbocycles. The van der Waals surface area contributed by atoms with Crippen LogP contribution in [0.3, 0.4) is 0 Å². The van der Waals surface area contributed by atoms with Gasteiger partial charge in [-0.05, 0) is 139 Å². The first-order valence-corrected chi connectivity index (χ1v) is 34.7. The molecule has 13 rings (SSSR count). The molecule has 0 aliphatic carbocycles. The lowest BCUT2D eigenvalue weighted by Crippen LogP contribution is -2.56. The van der Waals surface area contributed by atoms with Gasteiger partial charge in [-0.3, -0.25) is 48.2 Å². The van der Waals surface area contributed by atoms with Gasteiger partial charge >= 0.3 is 0 Å². The van der Waals surface area contributed by atoms with Gasteiger partial charge in [0.1, 0.15) is 58.1 Å². The summed E-state index contributed by atoms with van der Waals surface area (Å²) in [7, 11) is 0. The number of hydrogen-bond donors (Lipinski definition) is 3. The molecule has 19 nitrogen and oxygen atoms in total. The summed E-state index contributed by atoms with van der Waals surface area (Å²) in [6.45, 7) is 22.4. The van der Waals surface area contributed by atoms with Gasteiger partial charge in [-0.25, -0.2) is 0 Å². The highest BCUT2D eigenvalue weighted by molar-refractivity contribution is 6.45. The van der Waals surface area contributed by atoms with Crippen LogP contribution in [0.2, 0.25) is 0 Å². The predicted molar refractivity (Wildman–Crippen MR) is 407 cm³/mol. The van der Waals surface area contributed by atoms with Gasteiger partial charge in [0.15, 0.2) is 0 Å². The van der Waals surface area contributed by atoms with Crippen LogP contribution in [0.25, 0.3) is 43.1 Å². The Morgan fingerprint density at radius 3 is 0.886 bits per heavy atom. The average Bonchev–Trinajstić information content (AvgIpc) is 0.671. The third-order valence-corrected chi connectivity index (χ3v) is 19.2. The number of likely N-dealkylation sites (N-methyl/N-ethyl adjacent to an activating group) is 2. The fourth-order valence-corrected chi connectivity index (χ4v) is 13.8. The Bertz CT molecular complexity index is 4740. The van der Waals surface area contributed by atoms with Crippen LogP contribution in [0.15, 0.2) is 206 Å². The van der Waals surface area contributed by atoms with Crippen LogP contribution in [0.5, 0.6) is 46.0 Å². The first kappa shape index (κ1) is 72.3. The molecule has 2 unspecified atom stereocenters. The van der Waals surface area contributed by atoms with Crippen molar-refractivity contribution in [3.05, 3.63) is 262 Å². The molecule has 0 saturated carbocycles. The quantitative estimate of drug-likeness (QED) is 0.0198. The standard InChI is InChI=1S/C86H78N6O12.H3N/c1-11-89(41-39-87-79(93)49(3)4)85(99)65(43-55-19-15-13-16-20-55)91-81(95)61-45-67(101-57-31-23-51(7)24-32-57)73-75-69(103-59-35-27-53(9)28-36-59)47-63-72-64(84(98)92(83(63)97)66(44-56-21-17-14-18-22-56)86(100)90(12-2)42-40-88-80(94)50(5)6)48-70(104-60-37-29-54(10)30-38-60)76(78(72)75)74-68(102-58-33-25-52(8)26-34-58)46-62(82(91)96)71(61)77(73)74;/h13-38,45-48,65-66H,3,5,11-12,39-44H2,1-2,4,6-10H3,(H,87,93)(H,88,94);1H3. The topological polar surface area (TPSA) is 246 Å². The lowest BCUT2D eigenvalue weighted by molar-refractivity contribution is -0.136. The zero-order chi connectivity index (χ0) is 73.4. The van der Waals surface area contributed by atoms with E-state index in [1.165, 1.54) is 9.80 Å². The summed E-state index contributed by atoms with van der Waals surface area (Å²) in [6.07, 6.45) is -0.191. The summed E-state index contributed by atoms with van der Waals surface area (Å²) in [5, 5.41) is 7.56. The number of aryl methyl sites for hydroxylation is 4. The van der Waals surface area contributed by atoms with Crippen LogP contribution < -0.4 is 35.7 Å². The Hall–Kier alpha value is -12.5. The van der Waals surface area contributed by atoms with Gasteiger partial charge in [0, 0.05) is 106 Å². The van der Waals surface area contributed by atoms with Crippen LogP contribution in [-0.4, -0.2) is 118 Å². The van der Waals surface area contributed by atoms with Crippen molar-refractivity contribution < 1.29 is 57.3 Å². The molecular weight excluding hydrogens is 1320 g/mol. The van der Waals surface area contributed by atoms with Gasteiger partial charge in [-0.2, -0.15) is 0 Å². The third-order valence-electron chi connectivity index (χ3n) is 19.2. The first-order chi connectivity index (χ1) is 50.1. The third kappa shape index (κ3) is 14.2. The first-order valence-electron chi connectivity index (χ1n) is 34.7. The van der Waals surface area contributed by atoms with E-state index in [0.717, 1.165) is 32.1 Å². The van der Waals surface area contributed by atoms with Crippen molar-refractivity contribution in [1.29, 1.82) is 0 Å². The monoisotopic (exact) mass is 1400 g/mol. The fraction of sp³-hybridized carbons (Fsp3) is 0.209. The van der Waals surface area contributed by atoms with Crippen LogP contribution in [0.1, 0.15) is 103 Å². The van der Waals surface area contributed by atoms with Crippen molar-refractivity contribution in [3.63, 3.8) is 0 Å². The van der Waals surface area contributed by atoms with Crippen LogP contribution in [0, 0.1) is 27.7 Å². The minimum atomic E-state index is -1.45. The molecule has 105 heavy (non-hydrogen) atoms. The second kappa shape index (κ2) is 30.2. The molecule has 0 saturated heterocycles. The van der Waals surface area contributed by atoms with E-state index in [0.29, 0.717) is 34.1 Å². The van der Waals surface area contributed by atoms with E-state index in [4.69, 9.17) is 18.9 Å². The molecule has 2 atom stereocenters. The molecule has 532 valence electrons. The molecule has 19 heteroatoms. The molecule has 11 aromatic rings. The number of carbonyl (C=O) groups is 8. The van der Waals surface area contributed by atoms with E-state index >= 15 is 28.8 Å². The number of benzene rings is 11. The summed E-state index contributed by atoms with van der Waals surface area (Å²) in [5.41, 5.74) is 5.49. The van der Waals surface area contributed by atoms with Gasteiger partial charge < -0.3 is 45.5 Å². The number of fused-ring (bicyclic) bond motifs is 2. The van der Waals surface area contributed by atoms with E-state index in [9.17, 15) is 9.59 Å². The second-order valence-corrected chi connectivity index (χ2v) is 26.6. The SMILES string of the molecule is C=C(C)C(=O)NCCN(CC)C(=O)C(Cc1ccccc1)N1C(=O)c2cc(Oc3ccc(C)cc3)c3c4c(Oc5ccc(C)cc5)cc5c6c(cc(Oc7ccc(C)cc7)c(c7c(Oc8ccc(C)cc8)cc(c2c37)C1=O)c64)C(=O)N(C(Cc1ccccc1)C(=O)N(CC)CCNC(=O)C(=C)C)C5=O.N. The summed E-state index contributed by atoms with van der Waals surface area (Å²) in [6, 6.07) is 50.8. The summed E-state index contributed by atoms with van der Waals surface area (Å²) in [4.78, 5) is 128. The van der Waals surface area contributed by atoms with E-state index in [1.54, 1.807) is 100 Å². The summed E-state index contributed by atoms with van der Waals surface area (Å²) < 4.78 is 28.9. The highest BCUT2D eigenvalue weighted by Gasteiger charge is 2.47. The number of nitrogens with zero attached hydrogens (tertiary/aromatic N) is 4. The van der Waals surface area contributed by atoms with Crippen molar-refractivity contribution in [1.82, 2.24) is 36.4 Å². The molecule has 0 aromatic heterocycles. The highest BCUT2D eigenvalue weighted by atomic mass is 16.5. The van der Waals surface area contributed by atoms with Crippen molar-refractivity contribution >= 4 is 90.3 Å². The van der Waals surface area contributed by atoms with Gasteiger partial charge in [-0.15, -0.1) is 0 Å². The van der Waals surface area contributed by atoms with Crippen molar-refractivity contribution in [3.8, 4) is 46.0 Å². The maximum atomic E-state index is 16.6. The predicted octanol–water partition coefficient (Wildman–Crippen LogP) is 15.8. The van der Waals surface area contributed by atoms with Crippen molar-refractivity contribution in [2.45, 2.75) is 80.3 Å². The Morgan fingerprint density at radius 2 is 0.648 bits per heavy atom. The van der Waals surface area contributed by atoms with Crippen LogP contribution >= 0.6 is 0 Å². The van der Waals surface area contributed by atoms with Gasteiger partial charge in [0.2, 0.25) is 23.6 Å². The van der Waals surface area contributed by atoms with E-state index in [1.807, 2.05) is 137 Å². The molecule has 0 fully saturated rings. The van der Waals surface area contributed by atoms with Gasteiger partial charge in [0.25, 0.3) is 23.6 Å².